The van der Waals surface area contributed by atoms with Gasteiger partial charge in [-0.2, -0.15) is 8.78 Å². The molecule has 0 aliphatic heterocycles. The molecule has 6 nitrogen and oxygen atoms in total. The fraction of sp³-hybridized carbons (Fsp3) is 0.326. The Hall–Kier alpha value is -5.51. The maximum Gasteiger partial charge on any atom is 0.340 e. The number of unbranched alkanes of at least 4 members (excludes halogenated alkanes) is 1. The molecule has 0 aliphatic rings. The molecule has 1 heterocycles. The van der Waals surface area contributed by atoms with Crippen LogP contribution < -0.4 is 0 Å². The summed E-state index contributed by atoms with van der Waals surface area (Å²) in [6, 6.07) is 19.4. The standard InChI is InChI=1S/C46H48F4N2O4/c1-8-11-15-32(10-3)26-52-41-20-19-33(40(51-56-31(7)53)24-34(16-12-9-2)55-27-46(49,50)45(47)48)23-37(41)38-25-39(35-17-13-14-18-36(35)43(38)52)44(54)42-29(5)21-28(4)22-30(42)6/h9,12-14,16-25,32,45H,2,8,10-11,15,26-27H2,1,3-7H3/b16-12-,34-24-,51-40-. The van der Waals surface area contributed by atoms with Crippen LogP contribution in [0.3, 0.4) is 0 Å². The van der Waals surface area contributed by atoms with Crippen LogP contribution in [0.4, 0.5) is 17.6 Å². The molecule has 0 aliphatic carbocycles. The Morgan fingerprint density at radius 2 is 1.64 bits per heavy atom. The number of carbonyl (C=O) groups is 2. The molecule has 4 aromatic carbocycles. The number of hydrogen-bond acceptors (Lipinski definition) is 5. The van der Waals surface area contributed by atoms with Crippen LogP contribution >= 0.6 is 0 Å². The first kappa shape index (κ1) is 41.6. The minimum atomic E-state index is -4.42. The van der Waals surface area contributed by atoms with Crippen molar-refractivity contribution in [2.75, 3.05) is 6.61 Å². The Kier molecular flexibility index (Phi) is 13.4. The number of ketones is 1. The van der Waals surface area contributed by atoms with Gasteiger partial charge in [-0.1, -0.05) is 105 Å². The average molecular weight is 769 g/mol. The van der Waals surface area contributed by atoms with Crippen LogP contribution in [0, 0.1) is 26.7 Å². The summed E-state index contributed by atoms with van der Waals surface area (Å²) in [6.07, 6.45) is 5.48. The molecule has 1 atom stereocenters. The SMILES string of the molecule is C=C\C=C/C(=C/C(=N/OC(C)=O)c1ccc2c(c1)c1cc(C(=O)c3c(C)cc(C)cc3C)c3ccccc3c1n2CC(CC)CCCC)OCC(F)(F)C(F)F. The summed E-state index contributed by atoms with van der Waals surface area (Å²) < 4.78 is 61.4. The number of aromatic nitrogens is 1. The quantitative estimate of drug-likeness (QED) is 0.0180. The van der Waals surface area contributed by atoms with E-state index in [1.54, 1.807) is 6.07 Å². The molecule has 1 unspecified atom stereocenters. The van der Waals surface area contributed by atoms with Crippen molar-refractivity contribution in [1.29, 1.82) is 0 Å². The predicted molar refractivity (Wildman–Crippen MR) is 217 cm³/mol. The van der Waals surface area contributed by atoms with Crippen molar-refractivity contribution >= 4 is 50.0 Å². The molecule has 56 heavy (non-hydrogen) atoms. The van der Waals surface area contributed by atoms with Gasteiger partial charge in [0.15, 0.2) is 12.4 Å². The minimum Gasteiger partial charge on any atom is -0.487 e. The number of halogens is 4. The Balaban J connectivity index is 1.82. The van der Waals surface area contributed by atoms with Crippen LogP contribution in [-0.4, -0.2) is 41.0 Å². The molecule has 5 rings (SSSR count). The monoisotopic (exact) mass is 768 g/mol. The van der Waals surface area contributed by atoms with Crippen LogP contribution in [0.15, 0.2) is 102 Å². The molecule has 0 spiro atoms. The largest absolute Gasteiger partial charge is 0.487 e. The van der Waals surface area contributed by atoms with Crippen LogP contribution in [0.2, 0.25) is 0 Å². The molecule has 0 N–H and O–H groups in total. The number of ether oxygens (including phenoxy) is 1. The number of benzene rings is 4. The van der Waals surface area contributed by atoms with Crippen LogP contribution in [-0.2, 0) is 20.9 Å². The van der Waals surface area contributed by atoms with Crippen LogP contribution in [0.5, 0.6) is 0 Å². The number of hydrogen-bond donors (Lipinski definition) is 0. The van der Waals surface area contributed by atoms with Gasteiger partial charge in [0, 0.05) is 57.9 Å². The van der Waals surface area contributed by atoms with E-state index in [2.05, 4.69) is 30.1 Å². The average Bonchev–Trinajstić information content (AvgIpc) is 3.47. The normalized spacial score (nSPS) is 13.3. The summed E-state index contributed by atoms with van der Waals surface area (Å²) in [5.74, 6) is -5.13. The lowest BCUT2D eigenvalue weighted by molar-refractivity contribution is -0.156. The van der Waals surface area contributed by atoms with E-state index in [1.807, 2.05) is 75.4 Å². The zero-order valence-electron chi connectivity index (χ0n) is 32.7. The summed E-state index contributed by atoms with van der Waals surface area (Å²) >= 11 is 0. The molecular formula is C46H48F4N2O4. The topological polar surface area (TPSA) is 69.9 Å². The van der Waals surface area contributed by atoms with E-state index >= 15 is 0 Å². The molecule has 0 fully saturated rings. The summed E-state index contributed by atoms with van der Waals surface area (Å²) in [6.45, 7) is 14.1. The van der Waals surface area contributed by atoms with E-state index in [1.165, 1.54) is 24.3 Å². The Bertz CT molecular complexity index is 2350. The maximum absolute atomic E-state index is 14.6. The molecule has 1 aromatic heterocycles. The molecule has 0 saturated carbocycles. The fourth-order valence-electron chi connectivity index (χ4n) is 7.30. The second-order valence-electron chi connectivity index (χ2n) is 14.3. The Morgan fingerprint density at radius 3 is 2.27 bits per heavy atom. The summed E-state index contributed by atoms with van der Waals surface area (Å²) in [5.41, 5.74) is 6.30. The van der Waals surface area contributed by atoms with E-state index in [4.69, 9.17) is 9.57 Å². The molecule has 294 valence electrons. The molecular weight excluding hydrogens is 721 g/mol. The number of rotatable bonds is 17. The minimum absolute atomic E-state index is 0.00412. The van der Waals surface area contributed by atoms with Gasteiger partial charge in [0.25, 0.3) is 0 Å². The van der Waals surface area contributed by atoms with Gasteiger partial charge >= 0.3 is 18.3 Å². The third kappa shape index (κ3) is 9.12. The van der Waals surface area contributed by atoms with Gasteiger partial charge in [0.2, 0.25) is 0 Å². The first-order valence-electron chi connectivity index (χ1n) is 18.9. The molecule has 5 aromatic rings. The molecule has 0 amide bonds. The number of carbonyl (C=O) groups excluding carboxylic acids is 2. The van der Waals surface area contributed by atoms with E-state index in [0.29, 0.717) is 22.6 Å². The summed E-state index contributed by atoms with van der Waals surface area (Å²) in [7, 11) is 0. The van der Waals surface area contributed by atoms with Crippen molar-refractivity contribution in [3.05, 3.63) is 131 Å². The summed E-state index contributed by atoms with van der Waals surface area (Å²) in [5, 5.41) is 7.35. The third-order valence-electron chi connectivity index (χ3n) is 9.99. The van der Waals surface area contributed by atoms with Gasteiger partial charge in [-0.15, -0.1) is 0 Å². The third-order valence-corrected chi connectivity index (χ3v) is 9.99. The van der Waals surface area contributed by atoms with Crippen molar-refractivity contribution in [2.45, 2.75) is 86.1 Å². The number of fused-ring (bicyclic) bond motifs is 5. The first-order chi connectivity index (χ1) is 26.7. The van der Waals surface area contributed by atoms with E-state index in [9.17, 15) is 27.2 Å². The second-order valence-corrected chi connectivity index (χ2v) is 14.3. The first-order valence-corrected chi connectivity index (χ1v) is 18.9. The van der Waals surface area contributed by atoms with Crippen molar-refractivity contribution in [1.82, 2.24) is 4.57 Å². The molecule has 0 radical (unpaired) electrons. The highest BCUT2D eigenvalue weighted by Gasteiger charge is 2.41. The zero-order valence-corrected chi connectivity index (χ0v) is 32.7. The van der Waals surface area contributed by atoms with Crippen molar-refractivity contribution in [3.63, 3.8) is 0 Å². The highest BCUT2D eigenvalue weighted by atomic mass is 19.3. The number of nitrogens with zero attached hydrogens (tertiary/aromatic N) is 2. The zero-order chi connectivity index (χ0) is 40.7. The number of aryl methyl sites for hydroxylation is 3. The Labute approximate surface area is 325 Å². The van der Waals surface area contributed by atoms with Crippen LogP contribution in [0.25, 0.3) is 32.6 Å². The van der Waals surface area contributed by atoms with Gasteiger partial charge in [-0.05, 0) is 73.9 Å². The predicted octanol–water partition coefficient (Wildman–Crippen LogP) is 12.1. The lowest BCUT2D eigenvalue weighted by atomic mass is 9.89. The highest BCUT2D eigenvalue weighted by Crippen LogP contribution is 2.39. The number of allylic oxidation sites excluding steroid dienone is 4. The smallest absolute Gasteiger partial charge is 0.340 e. The van der Waals surface area contributed by atoms with E-state index in [0.717, 1.165) is 88.4 Å². The Morgan fingerprint density at radius 1 is 0.946 bits per heavy atom. The highest BCUT2D eigenvalue weighted by molar-refractivity contribution is 6.27. The number of alkyl halides is 4. The molecule has 10 heteroatoms. The van der Waals surface area contributed by atoms with E-state index < -0.39 is 24.9 Å². The van der Waals surface area contributed by atoms with Gasteiger partial charge in [0.1, 0.15) is 11.5 Å². The number of oxime groups is 1. The lowest BCUT2D eigenvalue weighted by Gasteiger charge is -2.19. The van der Waals surface area contributed by atoms with Crippen molar-refractivity contribution < 1.29 is 36.7 Å². The second kappa shape index (κ2) is 18.0. The summed E-state index contributed by atoms with van der Waals surface area (Å²) in [4.78, 5) is 31.6. The molecule has 0 saturated heterocycles. The van der Waals surface area contributed by atoms with Gasteiger partial charge in [-0.25, -0.2) is 13.6 Å². The van der Waals surface area contributed by atoms with Gasteiger partial charge < -0.3 is 14.1 Å². The van der Waals surface area contributed by atoms with Crippen molar-refractivity contribution in [3.8, 4) is 0 Å². The fourth-order valence-corrected chi connectivity index (χ4v) is 7.30. The van der Waals surface area contributed by atoms with E-state index in [-0.39, 0.29) is 17.3 Å². The van der Waals surface area contributed by atoms with Gasteiger partial charge in [-0.3, -0.25) is 4.79 Å². The lowest BCUT2D eigenvalue weighted by Crippen LogP contribution is -2.32. The van der Waals surface area contributed by atoms with Gasteiger partial charge in [0.05, 0.1) is 5.52 Å². The molecule has 0 bridgehead atoms. The van der Waals surface area contributed by atoms with Crippen LogP contribution in [0.1, 0.15) is 84.6 Å². The van der Waals surface area contributed by atoms with Crippen molar-refractivity contribution in [2.24, 2.45) is 11.1 Å². The maximum atomic E-state index is 14.6.